The van der Waals surface area contributed by atoms with Crippen molar-refractivity contribution in [2.24, 2.45) is 5.73 Å². The van der Waals surface area contributed by atoms with E-state index in [4.69, 9.17) is 5.73 Å². The van der Waals surface area contributed by atoms with E-state index in [1.807, 2.05) is 31.2 Å². The number of nitrogens with two attached hydrogens (primary N) is 1. The number of hydrogen-bond donors (Lipinski definition) is 2. The number of halogens is 1. The van der Waals surface area contributed by atoms with Gasteiger partial charge < -0.3 is 11.1 Å². The Kier molecular flexibility index (Phi) is 7.72. The molecule has 4 nitrogen and oxygen atoms in total. The highest BCUT2D eigenvalue weighted by Gasteiger charge is 2.23. The molecule has 1 heterocycles. The Morgan fingerprint density at radius 1 is 1.33 bits per heavy atom. The number of carbonyl (C=O) groups excluding carboxylic acids is 1. The van der Waals surface area contributed by atoms with E-state index >= 15 is 0 Å². The first-order valence-electron chi connectivity index (χ1n) is 7.49. The minimum Gasteiger partial charge on any atom is -0.330 e. The van der Waals surface area contributed by atoms with Gasteiger partial charge in [-0.2, -0.15) is 0 Å². The van der Waals surface area contributed by atoms with Crippen LogP contribution in [0, 0.1) is 6.92 Å². The van der Waals surface area contributed by atoms with Crippen molar-refractivity contribution in [2.75, 3.05) is 25.0 Å². The summed E-state index contributed by atoms with van der Waals surface area (Å²) in [4.78, 5) is 14.4. The fourth-order valence-corrected chi connectivity index (χ4v) is 2.81. The topological polar surface area (TPSA) is 58.4 Å². The van der Waals surface area contributed by atoms with Gasteiger partial charge in [-0.25, -0.2) is 0 Å². The fourth-order valence-electron chi connectivity index (χ4n) is 2.81. The second kappa shape index (κ2) is 9.03. The number of nitrogens with zero attached hydrogens (tertiary/aromatic N) is 1. The molecule has 2 rings (SSSR count). The van der Waals surface area contributed by atoms with Gasteiger partial charge in [0.2, 0.25) is 5.91 Å². The van der Waals surface area contributed by atoms with Gasteiger partial charge in [-0.15, -0.1) is 12.4 Å². The molecule has 1 aromatic carbocycles. The molecule has 0 spiro atoms. The molecular weight excluding hydrogens is 286 g/mol. The summed E-state index contributed by atoms with van der Waals surface area (Å²) in [5, 5.41) is 2.97. The van der Waals surface area contributed by atoms with Crippen LogP contribution in [-0.4, -0.2) is 36.5 Å². The molecule has 1 saturated heterocycles. The summed E-state index contributed by atoms with van der Waals surface area (Å²) in [5.74, 6) is 0.0674. The van der Waals surface area contributed by atoms with Crippen molar-refractivity contribution in [1.29, 1.82) is 0 Å². The predicted molar refractivity (Wildman–Crippen MR) is 89.9 cm³/mol. The quantitative estimate of drug-likeness (QED) is 0.878. The number of carbonyl (C=O) groups is 1. The molecule has 1 aliphatic heterocycles. The Bertz CT molecular complexity index is 434. The van der Waals surface area contributed by atoms with E-state index in [0.29, 0.717) is 19.1 Å². The van der Waals surface area contributed by atoms with E-state index in [9.17, 15) is 4.79 Å². The third-order valence-corrected chi connectivity index (χ3v) is 3.93. The van der Waals surface area contributed by atoms with Crippen LogP contribution in [0.2, 0.25) is 0 Å². The summed E-state index contributed by atoms with van der Waals surface area (Å²) in [6.45, 7) is 4.21. The third-order valence-electron chi connectivity index (χ3n) is 3.93. The van der Waals surface area contributed by atoms with Crippen molar-refractivity contribution < 1.29 is 4.79 Å². The zero-order chi connectivity index (χ0) is 14.4. The number of nitrogens with one attached hydrogen (secondary N) is 1. The molecule has 0 bridgehead atoms. The lowest BCUT2D eigenvalue weighted by Crippen LogP contribution is -2.44. The van der Waals surface area contributed by atoms with Gasteiger partial charge in [0.1, 0.15) is 0 Å². The Morgan fingerprint density at radius 3 is 2.71 bits per heavy atom. The first kappa shape index (κ1) is 18.0. The SMILES string of the molecule is Cc1ccc(NC(=O)CN2CCCCC2CCN)cc1.Cl. The summed E-state index contributed by atoms with van der Waals surface area (Å²) in [5.41, 5.74) is 7.73. The molecule has 1 fully saturated rings. The molecule has 0 aliphatic carbocycles. The molecular formula is C16H26ClN3O. The van der Waals surface area contributed by atoms with Crippen molar-refractivity contribution in [1.82, 2.24) is 4.90 Å². The lowest BCUT2D eigenvalue weighted by Gasteiger charge is -2.35. The summed E-state index contributed by atoms with van der Waals surface area (Å²) in [6.07, 6.45) is 4.58. The van der Waals surface area contributed by atoms with Gasteiger partial charge in [0.05, 0.1) is 6.54 Å². The second-order valence-electron chi connectivity index (χ2n) is 5.61. The van der Waals surface area contributed by atoms with Crippen molar-refractivity contribution in [3.63, 3.8) is 0 Å². The fraction of sp³-hybridized carbons (Fsp3) is 0.562. The first-order chi connectivity index (χ1) is 9.69. The molecule has 3 N–H and O–H groups in total. The Labute approximate surface area is 133 Å². The summed E-state index contributed by atoms with van der Waals surface area (Å²) < 4.78 is 0. The Balaban J connectivity index is 0.00000220. The van der Waals surface area contributed by atoms with Crippen LogP contribution in [0.1, 0.15) is 31.2 Å². The Hall–Kier alpha value is -1.10. The maximum atomic E-state index is 12.1. The number of anilines is 1. The second-order valence-corrected chi connectivity index (χ2v) is 5.61. The predicted octanol–water partition coefficient (Wildman–Crippen LogP) is 2.56. The molecule has 0 radical (unpaired) electrons. The van der Waals surface area contributed by atoms with Crippen LogP contribution >= 0.6 is 12.4 Å². The highest BCUT2D eigenvalue weighted by atomic mass is 35.5. The first-order valence-corrected chi connectivity index (χ1v) is 7.49. The average Bonchev–Trinajstić information content (AvgIpc) is 2.44. The molecule has 1 atom stereocenters. The zero-order valence-electron chi connectivity index (χ0n) is 12.7. The standard InChI is InChI=1S/C16H25N3O.ClH/c1-13-5-7-14(8-6-13)18-16(20)12-19-11-3-2-4-15(19)9-10-17;/h5-8,15H,2-4,9-12,17H2,1H3,(H,18,20);1H. The molecule has 0 aromatic heterocycles. The highest BCUT2D eigenvalue weighted by molar-refractivity contribution is 5.92. The number of rotatable bonds is 5. The van der Waals surface area contributed by atoms with Gasteiger partial charge in [0, 0.05) is 11.7 Å². The third kappa shape index (κ3) is 5.65. The van der Waals surface area contributed by atoms with Gasteiger partial charge >= 0.3 is 0 Å². The molecule has 21 heavy (non-hydrogen) atoms. The summed E-state index contributed by atoms with van der Waals surface area (Å²) >= 11 is 0. The zero-order valence-corrected chi connectivity index (χ0v) is 13.5. The molecule has 1 amide bonds. The summed E-state index contributed by atoms with van der Waals surface area (Å²) in [7, 11) is 0. The van der Waals surface area contributed by atoms with E-state index in [-0.39, 0.29) is 18.3 Å². The largest absolute Gasteiger partial charge is 0.330 e. The monoisotopic (exact) mass is 311 g/mol. The molecule has 1 aromatic rings. The lowest BCUT2D eigenvalue weighted by atomic mass is 9.99. The van der Waals surface area contributed by atoms with Gasteiger partial charge in [0.25, 0.3) is 0 Å². The number of amides is 1. The average molecular weight is 312 g/mol. The van der Waals surface area contributed by atoms with Gasteiger partial charge in [-0.3, -0.25) is 9.69 Å². The van der Waals surface area contributed by atoms with Crippen LogP contribution in [0.15, 0.2) is 24.3 Å². The number of hydrogen-bond acceptors (Lipinski definition) is 3. The van der Waals surface area contributed by atoms with Crippen molar-refractivity contribution in [3.8, 4) is 0 Å². The highest BCUT2D eigenvalue weighted by Crippen LogP contribution is 2.19. The molecule has 1 unspecified atom stereocenters. The van der Waals surface area contributed by atoms with Crippen LogP contribution in [0.25, 0.3) is 0 Å². The molecule has 0 saturated carbocycles. The lowest BCUT2D eigenvalue weighted by molar-refractivity contribution is -0.118. The summed E-state index contributed by atoms with van der Waals surface area (Å²) in [6, 6.07) is 8.38. The van der Waals surface area contributed by atoms with Crippen molar-refractivity contribution in [3.05, 3.63) is 29.8 Å². The molecule has 1 aliphatic rings. The maximum absolute atomic E-state index is 12.1. The Morgan fingerprint density at radius 2 is 2.05 bits per heavy atom. The van der Waals surface area contributed by atoms with Crippen LogP contribution < -0.4 is 11.1 Å². The van der Waals surface area contributed by atoms with E-state index < -0.39 is 0 Å². The maximum Gasteiger partial charge on any atom is 0.238 e. The van der Waals surface area contributed by atoms with Gasteiger partial charge in [-0.05, 0) is 51.4 Å². The van der Waals surface area contributed by atoms with Crippen LogP contribution in [0.4, 0.5) is 5.69 Å². The van der Waals surface area contributed by atoms with Gasteiger partial charge in [0.15, 0.2) is 0 Å². The number of aryl methyl sites for hydroxylation is 1. The van der Waals surface area contributed by atoms with Gasteiger partial charge in [-0.1, -0.05) is 24.1 Å². The minimum absolute atomic E-state index is 0. The smallest absolute Gasteiger partial charge is 0.238 e. The number of likely N-dealkylation sites (tertiary alicyclic amines) is 1. The normalized spacial score (nSPS) is 18.9. The van der Waals surface area contributed by atoms with E-state index in [1.54, 1.807) is 0 Å². The van der Waals surface area contributed by atoms with E-state index in [2.05, 4.69) is 10.2 Å². The van der Waals surface area contributed by atoms with Crippen LogP contribution in [0.5, 0.6) is 0 Å². The number of piperidine rings is 1. The number of benzene rings is 1. The molecule has 5 heteroatoms. The molecule has 118 valence electrons. The van der Waals surface area contributed by atoms with Crippen LogP contribution in [-0.2, 0) is 4.79 Å². The van der Waals surface area contributed by atoms with E-state index in [0.717, 1.165) is 25.1 Å². The minimum atomic E-state index is 0. The van der Waals surface area contributed by atoms with Crippen molar-refractivity contribution in [2.45, 2.75) is 38.6 Å². The van der Waals surface area contributed by atoms with Crippen LogP contribution in [0.3, 0.4) is 0 Å². The van der Waals surface area contributed by atoms with Crippen molar-refractivity contribution >= 4 is 24.0 Å². The van der Waals surface area contributed by atoms with E-state index in [1.165, 1.54) is 18.4 Å².